The SMILES string of the molecule is CN(C)Cc1noc(/C=C/c2ccc(N)cc2)n1. The molecule has 0 atom stereocenters. The van der Waals surface area contributed by atoms with Crippen molar-refractivity contribution in [1.82, 2.24) is 15.0 Å². The molecule has 0 radical (unpaired) electrons. The van der Waals surface area contributed by atoms with Crippen LogP contribution in [0.15, 0.2) is 28.8 Å². The van der Waals surface area contributed by atoms with E-state index in [1.165, 1.54) is 0 Å². The minimum absolute atomic E-state index is 0.503. The van der Waals surface area contributed by atoms with E-state index in [0.717, 1.165) is 11.3 Å². The Morgan fingerprint density at radius 2 is 1.94 bits per heavy atom. The predicted molar refractivity (Wildman–Crippen MR) is 71.5 cm³/mol. The average molecular weight is 244 g/mol. The molecule has 18 heavy (non-hydrogen) atoms. The molecule has 0 amide bonds. The second-order valence-electron chi connectivity index (χ2n) is 4.29. The lowest BCUT2D eigenvalue weighted by Crippen LogP contribution is -2.11. The van der Waals surface area contributed by atoms with Gasteiger partial charge in [0.05, 0.1) is 6.54 Å². The Bertz CT molecular complexity index is 528. The molecule has 1 aromatic carbocycles. The zero-order valence-electron chi connectivity index (χ0n) is 10.5. The number of hydrogen-bond donors (Lipinski definition) is 1. The highest BCUT2D eigenvalue weighted by Crippen LogP contribution is 2.09. The summed E-state index contributed by atoms with van der Waals surface area (Å²) in [5, 5.41) is 3.88. The number of hydrogen-bond acceptors (Lipinski definition) is 5. The maximum absolute atomic E-state index is 5.61. The van der Waals surface area contributed by atoms with Crippen LogP contribution in [0.3, 0.4) is 0 Å². The van der Waals surface area contributed by atoms with Gasteiger partial charge in [-0.05, 0) is 37.9 Å². The van der Waals surface area contributed by atoms with E-state index >= 15 is 0 Å². The molecule has 0 unspecified atom stereocenters. The first-order valence-electron chi connectivity index (χ1n) is 5.64. The Labute approximate surface area is 106 Å². The van der Waals surface area contributed by atoms with Gasteiger partial charge in [0.15, 0.2) is 5.82 Å². The van der Waals surface area contributed by atoms with Crippen LogP contribution in [0, 0.1) is 0 Å². The van der Waals surface area contributed by atoms with Crippen molar-refractivity contribution in [3.63, 3.8) is 0 Å². The number of nitrogens with two attached hydrogens (primary N) is 1. The van der Waals surface area contributed by atoms with Gasteiger partial charge >= 0.3 is 0 Å². The standard InChI is InChI=1S/C13H16N4O/c1-17(2)9-12-15-13(18-16-12)8-5-10-3-6-11(14)7-4-10/h3-8H,9,14H2,1-2H3/b8-5+. The molecular formula is C13H16N4O. The molecule has 0 spiro atoms. The molecule has 0 saturated heterocycles. The molecule has 0 aliphatic heterocycles. The highest BCUT2D eigenvalue weighted by Gasteiger charge is 2.03. The summed E-state index contributed by atoms with van der Waals surface area (Å²) in [6, 6.07) is 7.57. The molecule has 2 rings (SSSR count). The van der Waals surface area contributed by atoms with Gasteiger partial charge in [-0.15, -0.1) is 0 Å². The zero-order valence-corrected chi connectivity index (χ0v) is 10.5. The van der Waals surface area contributed by atoms with Crippen LogP contribution in [-0.2, 0) is 6.54 Å². The first-order chi connectivity index (χ1) is 8.63. The molecule has 1 heterocycles. The summed E-state index contributed by atoms with van der Waals surface area (Å²) in [6.45, 7) is 0.666. The predicted octanol–water partition coefficient (Wildman–Crippen LogP) is 1.88. The van der Waals surface area contributed by atoms with E-state index in [-0.39, 0.29) is 0 Å². The van der Waals surface area contributed by atoms with Crippen molar-refractivity contribution in [2.45, 2.75) is 6.54 Å². The molecule has 2 aromatic rings. The zero-order chi connectivity index (χ0) is 13.0. The monoisotopic (exact) mass is 244 g/mol. The van der Waals surface area contributed by atoms with Crippen LogP contribution in [0.4, 0.5) is 5.69 Å². The number of aromatic nitrogens is 2. The molecule has 0 aliphatic carbocycles. The summed E-state index contributed by atoms with van der Waals surface area (Å²) >= 11 is 0. The van der Waals surface area contributed by atoms with Gasteiger partial charge in [-0.1, -0.05) is 17.3 Å². The van der Waals surface area contributed by atoms with Gasteiger partial charge < -0.3 is 15.2 Å². The quantitative estimate of drug-likeness (QED) is 0.832. The molecule has 0 fully saturated rings. The van der Waals surface area contributed by atoms with E-state index < -0.39 is 0 Å². The second kappa shape index (κ2) is 5.46. The molecule has 0 bridgehead atoms. The minimum Gasteiger partial charge on any atom is -0.399 e. The van der Waals surface area contributed by atoms with Crippen molar-refractivity contribution in [2.75, 3.05) is 19.8 Å². The Morgan fingerprint density at radius 1 is 1.22 bits per heavy atom. The molecule has 5 heteroatoms. The molecule has 5 nitrogen and oxygen atoms in total. The van der Waals surface area contributed by atoms with Crippen molar-refractivity contribution in [1.29, 1.82) is 0 Å². The van der Waals surface area contributed by atoms with Crippen LogP contribution in [0.25, 0.3) is 12.2 Å². The van der Waals surface area contributed by atoms with E-state index in [1.54, 1.807) is 6.08 Å². The van der Waals surface area contributed by atoms with Gasteiger partial charge in [0, 0.05) is 11.8 Å². The summed E-state index contributed by atoms with van der Waals surface area (Å²) in [7, 11) is 3.92. The molecular weight excluding hydrogens is 228 g/mol. The Morgan fingerprint density at radius 3 is 2.61 bits per heavy atom. The number of anilines is 1. The van der Waals surface area contributed by atoms with Crippen LogP contribution >= 0.6 is 0 Å². The molecule has 0 saturated carbocycles. The lowest BCUT2D eigenvalue weighted by Gasteiger charge is -2.02. The van der Waals surface area contributed by atoms with Crippen LogP contribution in [0.2, 0.25) is 0 Å². The number of benzene rings is 1. The van der Waals surface area contributed by atoms with Crippen molar-refractivity contribution in [3.8, 4) is 0 Å². The number of nitrogen functional groups attached to an aromatic ring is 1. The highest BCUT2D eigenvalue weighted by molar-refractivity contribution is 5.66. The van der Waals surface area contributed by atoms with Gasteiger partial charge in [0.1, 0.15) is 0 Å². The Hall–Kier alpha value is -2.14. The third-order valence-corrected chi connectivity index (χ3v) is 2.30. The van der Waals surface area contributed by atoms with Gasteiger partial charge in [-0.3, -0.25) is 0 Å². The lowest BCUT2D eigenvalue weighted by molar-refractivity contribution is 0.360. The fourth-order valence-electron chi connectivity index (χ4n) is 1.46. The second-order valence-corrected chi connectivity index (χ2v) is 4.29. The fraction of sp³-hybridized carbons (Fsp3) is 0.231. The van der Waals surface area contributed by atoms with Crippen LogP contribution < -0.4 is 5.73 Å². The van der Waals surface area contributed by atoms with Crippen molar-refractivity contribution in [2.24, 2.45) is 0 Å². The summed E-state index contributed by atoms with van der Waals surface area (Å²) in [5.74, 6) is 1.18. The highest BCUT2D eigenvalue weighted by atomic mass is 16.5. The lowest BCUT2D eigenvalue weighted by atomic mass is 10.2. The average Bonchev–Trinajstić information content (AvgIpc) is 2.75. The Balaban J connectivity index is 2.04. The number of rotatable bonds is 4. The fourth-order valence-corrected chi connectivity index (χ4v) is 1.46. The van der Waals surface area contributed by atoms with E-state index in [9.17, 15) is 0 Å². The van der Waals surface area contributed by atoms with Crippen molar-refractivity contribution in [3.05, 3.63) is 41.5 Å². The summed E-state index contributed by atoms with van der Waals surface area (Å²) in [4.78, 5) is 6.24. The smallest absolute Gasteiger partial charge is 0.250 e. The molecule has 94 valence electrons. The Kier molecular flexibility index (Phi) is 3.74. The minimum atomic E-state index is 0.503. The number of nitrogens with zero attached hydrogens (tertiary/aromatic N) is 3. The molecule has 1 aromatic heterocycles. The van der Waals surface area contributed by atoms with Gasteiger partial charge in [-0.2, -0.15) is 4.98 Å². The third kappa shape index (κ3) is 3.43. The van der Waals surface area contributed by atoms with E-state index in [2.05, 4.69) is 10.1 Å². The van der Waals surface area contributed by atoms with E-state index in [4.69, 9.17) is 10.3 Å². The van der Waals surface area contributed by atoms with Crippen molar-refractivity contribution >= 4 is 17.8 Å². The maximum atomic E-state index is 5.61. The first kappa shape index (κ1) is 12.3. The maximum Gasteiger partial charge on any atom is 0.250 e. The van der Waals surface area contributed by atoms with E-state index in [0.29, 0.717) is 18.3 Å². The topological polar surface area (TPSA) is 68.2 Å². The van der Waals surface area contributed by atoms with Crippen molar-refractivity contribution < 1.29 is 4.52 Å². The first-order valence-corrected chi connectivity index (χ1v) is 5.64. The van der Waals surface area contributed by atoms with Crippen LogP contribution in [-0.4, -0.2) is 29.1 Å². The molecule has 0 aliphatic rings. The third-order valence-electron chi connectivity index (χ3n) is 2.30. The van der Waals surface area contributed by atoms with Gasteiger partial charge in [-0.25, -0.2) is 0 Å². The normalized spacial score (nSPS) is 11.5. The summed E-state index contributed by atoms with van der Waals surface area (Å²) < 4.78 is 5.11. The van der Waals surface area contributed by atoms with E-state index in [1.807, 2.05) is 49.3 Å². The van der Waals surface area contributed by atoms with Gasteiger partial charge in [0.25, 0.3) is 5.89 Å². The van der Waals surface area contributed by atoms with Crippen LogP contribution in [0.5, 0.6) is 0 Å². The van der Waals surface area contributed by atoms with Gasteiger partial charge in [0.2, 0.25) is 0 Å². The molecule has 2 N–H and O–H groups in total. The van der Waals surface area contributed by atoms with Crippen LogP contribution in [0.1, 0.15) is 17.3 Å². The summed E-state index contributed by atoms with van der Waals surface area (Å²) in [5.41, 5.74) is 7.40. The largest absolute Gasteiger partial charge is 0.399 e. The summed E-state index contributed by atoms with van der Waals surface area (Å²) in [6.07, 6.45) is 3.70.